The number of nitrogens with one attached hydrogen (secondary N) is 1. The van der Waals surface area contributed by atoms with E-state index in [1.54, 1.807) is 13.3 Å². The lowest BCUT2D eigenvalue weighted by atomic mass is 10.4. The van der Waals surface area contributed by atoms with Gasteiger partial charge < -0.3 is 15.5 Å². The smallest absolute Gasteiger partial charge is 0.196 e. The number of furan rings is 1. The molecule has 5 nitrogen and oxygen atoms in total. The molecule has 62 valence electrons. The minimum absolute atomic E-state index is 0.363. The van der Waals surface area contributed by atoms with Crippen molar-refractivity contribution in [2.75, 3.05) is 18.1 Å². The van der Waals surface area contributed by atoms with E-state index in [0.717, 1.165) is 5.69 Å². The molecule has 0 fully saturated rings. The largest absolute Gasteiger partial charge is 0.456 e. The molecule has 3 N–H and O–H groups in total. The molecule has 0 saturated carbocycles. The van der Waals surface area contributed by atoms with E-state index in [-0.39, 0.29) is 0 Å². The van der Waals surface area contributed by atoms with Crippen molar-refractivity contribution >= 4 is 22.6 Å². The predicted octanol–water partition coefficient (Wildman–Crippen LogP) is 0.847. The zero-order valence-corrected chi connectivity index (χ0v) is 6.53. The maximum absolute atomic E-state index is 5.55. The van der Waals surface area contributed by atoms with Gasteiger partial charge in [0.25, 0.3) is 0 Å². The summed E-state index contributed by atoms with van der Waals surface area (Å²) in [4.78, 5) is 7.83. The zero-order valence-electron chi connectivity index (χ0n) is 6.53. The van der Waals surface area contributed by atoms with Crippen LogP contribution in [-0.2, 0) is 0 Å². The summed E-state index contributed by atoms with van der Waals surface area (Å²) in [6.07, 6.45) is 2.98. The van der Waals surface area contributed by atoms with Crippen LogP contribution in [0.2, 0.25) is 0 Å². The number of anilines is 2. The van der Waals surface area contributed by atoms with Crippen LogP contribution in [0.4, 0.5) is 11.5 Å². The van der Waals surface area contributed by atoms with Crippen LogP contribution in [0, 0.1) is 0 Å². The maximum Gasteiger partial charge on any atom is 0.196 e. The topological polar surface area (TPSA) is 77.0 Å². The van der Waals surface area contributed by atoms with Gasteiger partial charge in [0.1, 0.15) is 18.1 Å². The van der Waals surface area contributed by atoms with Gasteiger partial charge in [-0.15, -0.1) is 0 Å². The van der Waals surface area contributed by atoms with Gasteiger partial charge in [0.05, 0.1) is 5.69 Å². The van der Waals surface area contributed by atoms with Crippen LogP contribution in [0.5, 0.6) is 0 Å². The summed E-state index contributed by atoms with van der Waals surface area (Å²) in [5.74, 6) is 0.363. The molecule has 5 heteroatoms. The Bertz CT molecular complexity index is 409. The van der Waals surface area contributed by atoms with E-state index in [4.69, 9.17) is 10.2 Å². The van der Waals surface area contributed by atoms with Crippen molar-refractivity contribution in [1.29, 1.82) is 0 Å². The van der Waals surface area contributed by atoms with Crippen molar-refractivity contribution in [2.24, 2.45) is 0 Å². The van der Waals surface area contributed by atoms with Crippen molar-refractivity contribution in [3.05, 3.63) is 12.6 Å². The lowest BCUT2D eigenvalue weighted by molar-refractivity contribution is 0.616. The van der Waals surface area contributed by atoms with Crippen LogP contribution < -0.4 is 11.1 Å². The Morgan fingerprint density at radius 1 is 1.50 bits per heavy atom. The molecule has 0 saturated heterocycles. The highest BCUT2D eigenvalue weighted by Crippen LogP contribution is 2.25. The first-order chi connectivity index (χ1) is 5.83. The number of rotatable bonds is 1. The van der Waals surface area contributed by atoms with Crippen LogP contribution >= 0.6 is 0 Å². The molecular formula is C7H8N4O. The SMILES string of the molecule is CNc1coc2c(N)ncnc12. The van der Waals surface area contributed by atoms with Crippen molar-refractivity contribution < 1.29 is 4.42 Å². The Hall–Kier alpha value is -1.78. The van der Waals surface area contributed by atoms with Crippen LogP contribution in [0.15, 0.2) is 17.0 Å². The highest BCUT2D eigenvalue weighted by molar-refractivity contribution is 5.91. The molecule has 12 heavy (non-hydrogen) atoms. The molecule has 2 aromatic heterocycles. The second kappa shape index (κ2) is 2.37. The van der Waals surface area contributed by atoms with Gasteiger partial charge in [0, 0.05) is 7.05 Å². The average molecular weight is 164 g/mol. The quantitative estimate of drug-likeness (QED) is 0.653. The number of fused-ring (bicyclic) bond motifs is 1. The Morgan fingerprint density at radius 3 is 3.08 bits per heavy atom. The Labute approximate surface area is 68.6 Å². The molecule has 0 radical (unpaired) electrons. The van der Waals surface area contributed by atoms with Gasteiger partial charge in [-0.25, -0.2) is 9.97 Å². The van der Waals surface area contributed by atoms with E-state index in [2.05, 4.69) is 15.3 Å². The summed E-state index contributed by atoms with van der Waals surface area (Å²) in [5, 5.41) is 2.94. The molecule has 2 rings (SSSR count). The number of hydrogen-bond donors (Lipinski definition) is 2. The zero-order chi connectivity index (χ0) is 8.55. The van der Waals surface area contributed by atoms with E-state index in [0.29, 0.717) is 16.9 Å². The molecule has 0 atom stereocenters. The van der Waals surface area contributed by atoms with Gasteiger partial charge in [0.2, 0.25) is 0 Å². The van der Waals surface area contributed by atoms with E-state index < -0.39 is 0 Å². The van der Waals surface area contributed by atoms with Crippen LogP contribution in [0.3, 0.4) is 0 Å². The van der Waals surface area contributed by atoms with Crippen LogP contribution in [0.1, 0.15) is 0 Å². The highest BCUT2D eigenvalue weighted by atomic mass is 16.3. The summed E-state index contributed by atoms with van der Waals surface area (Å²) < 4.78 is 5.16. The Morgan fingerprint density at radius 2 is 2.33 bits per heavy atom. The van der Waals surface area contributed by atoms with E-state index >= 15 is 0 Å². The summed E-state index contributed by atoms with van der Waals surface area (Å²) in [6, 6.07) is 0. The fraction of sp³-hybridized carbons (Fsp3) is 0.143. The van der Waals surface area contributed by atoms with Gasteiger partial charge in [-0.1, -0.05) is 0 Å². The molecule has 2 heterocycles. The molecule has 0 bridgehead atoms. The second-order valence-electron chi connectivity index (χ2n) is 2.34. The van der Waals surface area contributed by atoms with E-state index in [1.807, 2.05) is 0 Å². The number of nitrogens with zero attached hydrogens (tertiary/aromatic N) is 2. The van der Waals surface area contributed by atoms with Crippen molar-refractivity contribution in [3.63, 3.8) is 0 Å². The monoisotopic (exact) mass is 164 g/mol. The van der Waals surface area contributed by atoms with Gasteiger partial charge in [-0.3, -0.25) is 0 Å². The normalized spacial score (nSPS) is 10.4. The van der Waals surface area contributed by atoms with Gasteiger partial charge in [-0.2, -0.15) is 0 Å². The summed E-state index contributed by atoms with van der Waals surface area (Å²) in [7, 11) is 1.79. The van der Waals surface area contributed by atoms with Crippen molar-refractivity contribution in [3.8, 4) is 0 Å². The third-order valence-electron chi connectivity index (χ3n) is 1.65. The second-order valence-corrected chi connectivity index (χ2v) is 2.34. The number of nitrogens with two attached hydrogens (primary N) is 1. The van der Waals surface area contributed by atoms with Crippen molar-refractivity contribution in [2.45, 2.75) is 0 Å². The molecule has 0 spiro atoms. The minimum Gasteiger partial charge on any atom is -0.456 e. The Balaban J connectivity index is 2.80. The first-order valence-electron chi connectivity index (χ1n) is 3.48. The molecule has 0 aliphatic rings. The summed E-state index contributed by atoms with van der Waals surface area (Å²) in [6.45, 7) is 0. The maximum atomic E-state index is 5.55. The summed E-state index contributed by atoms with van der Waals surface area (Å²) >= 11 is 0. The average Bonchev–Trinajstić information content (AvgIpc) is 2.49. The first-order valence-corrected chi connectivity index (χ1v) is 3.48. The number of aromatic nitrogens is 2. The third kappa shape index (κ3) is 0.795. The molecule has 0 amide bonds. The van der Waals surface area contributed by atoms with Crippen LogP contribution in [-0.4, -0.2) is 17.0 Å². The molecule has 0 aliphatic heterocycles. The van der Waals surface area contributed by atoms with E-state index in [1.165, 1.54) is 6.33 Å². The number of hydrogen-bond acceptors (Lipinski definition) is 5. The molecule has 2 aromatic rings. The summed E-state index contributed by atoms with van der Waals surface area (Å²) in [5.41, 5.74) is 7.61. The fourth-order valence-corrected chi connectivity index (χ4v) is 1.05. The van der Waals surface area contributed by atoms with Gasteiger partial charge >= 0.3 is 0 Å². The fourth-order valence-electron chi connectivity index (χ4n) is 1.05. The first kappa shape index (κ1) is 6.90. The predicted molar refractivity (Wildman–Crippen MR) is 45.8 cm³/mol. The molecule has 0 unspecified atom stereocenters. The highest BCUT2D eigenvalue weighted by Gasteiger charge is 2.08. The van der Waals surface area contributed by atoms with Gasteiger partial charge in [0.15, 0.2) is 11.4 Å². The molecular weight excluding hydrogens is 156 g/mol. The third-order valence-corrected chi connectivity index (χ3v) is 1.65. The van der Waals surface area contributed by atoms with Crippen LogP contribution in [0.25, 0.3) is 11.1 Å². The van der Waals surface area contributed by atoms with Gasteiger partial charge in [-0.05, 0) is 0 Å². The van der Waals surface area contributed by atoms with Crippen molar-refractivity contribution in [1.82, 2.24) is 9.97 Å². The lowest BCUT2D eigenvalue weighted by Crippen LogP contribution is -1.92. The lowest BCUT2D eigenvalue weighted by Gasteiger charge is -1.93. The molecule has 0 aliphatic carbocycles. The molecule has 0 aromatic carbocycles. The van der Waals surface area contributed by atoms with E-state index in [9.17, 15) is 0 Å². The number of nitrogen functional groups attached to an aromatic ring is 1. The minimum atomic E-state index is 0.363. The standard InChI is InChI=1S/C7H8N4O/c1-9-4-2-12-6-5(4)10-3-11-7(6)8/h2-3,9H,1H3,(H2,8,10,11). The Kier molecular flexibility index (Phi) is 1.36.